The number of ether oxygens (including phenoxy) is 1. The zero-order chi connectivity index (χ0) is 11.3. The minimum absolute atomic E-state index is 0.000278. The highest BCUT2D eigenvalue weighted by atomic mass is 16.5. The molecule has 0 saturated heterocycles. The Labute approximate surface area is 89.3 Å². The van der Waals surface area contributed by atoms with Crippen molar-refractivity contribution >= 4 is 0 Å². The first-order chi connectivity index (χ1) is 7.20. The second-order valence-corrected chi connectivity index (χ2v) is 3.22. The summed E-state index contributed by atoms with van der Waals surface area (Å²) in [5.74, 6) is 0.395. The predicted octanol–water partition coefficient (Wildman–Crippen LogP) is 1.17. The zero-order valence-corrected chi connectivity index (χ0v) is 8.81. The number of hydrogen-bond acceptors (Lipinski definition) is 4. The van der Waals surface area contributed by atoms with Crippen LogP contribution in [0.1, 0.15) is 25.0 Å². The summed E-state index contributed by atoms with van der Waals surface area (Å²) in [5.41, 5.74) is 5.80. The van der Waals surface area contributed by atoms with Crippen molar-refractivity contribution in [3.63, 3.8) is 0 Å². The first-order valence-electron chi connectivity index (χ1n) is 5.03. The molecule has 4 N–H and O–H groups in total. The van der Waals surface area contributed by atoms with Gasteiger partial charge in [-0.3, -0.25) is 0 Å². The zero-order valence-electron chi connectivity index (χ0n) is 8.81. The van der Waals surface area contributed by atoms with Gasteiger partial charge in [-0.15, -0.1) is 0 Å². The number of phenolic OH excluding ortho intramolecular Hbond substituents is 1. The molecular formula is C11H17NO3. The standard InChI is InChI=1S/C11H17NO3/c1-2-15-10-5-3-4-8(11(10)14)9(13)6-7-12/h3-5,9,13-14H,2,6-7,12H2,1H3/t9-/m0/s1. The summed E-state index contributed by atoms with van der Waals surface area (Å²) in [4.78, 5) is 0. The predicted molar refractivity (Wildman–Crippen MR) is 57.9 cm³/mol. The number of hydrogen-bond donors (Lipinski definition) is 3. The van der Waals surface area contributed by atoms with E-state index in [0.717, 1.165) is 0 Å². The third kappa shape index (κ3) is 2.84. The molecule has 4 heteroatoms. The normalized spacial score (nSPS) is 12.5. The van der Waals surface area contributed by atoms with E-state index in [9.17, 15) is 10.2 Å². The van der Waals surface area contributed by atoms with Crippen LogP contribution in [0.5, 0.6) is 11.5 Å². The fourth-order valence-corrected chi connectivity index (χ4v) is 1.39. The van der Waals surface area contributed by atoms with Crippen molar-refractivity contribution in [2.45, 2.75) is 19.4 Å². The maximum atomic E-state index is 9.79. The van der Waals surface area contributed by atoms with Gasteiger partial charge in [0.15, 0.2) is 11.5 Å². The Morgan fingerprint density at radius 1 is 1.47 bits per heavy atom. The van der Waals surface area contributed by atoms with Crippen molar-refractivity contribution in [1.29, 1.82) is 0 Å². The molecule has 0 aliphatic carbocycles. The van der Waals surface area contributed by atoms with Crippen LogP contribution in [0.15, 0.2) is 18.2 Å². The van der Waals surface area contributed by atoms with Crippen LogP contribution in [0, 0.1) is 0 Å². The summed E-state index contributed by atoms with van der Waals surface area (Å²) < 4.78 is 5.21. The Balaban J connectivity index is 2.92. The Bertz CT molecular complexity index is 315. The van der Waals surface area contributed by atoms with Gasteiger partial charge < -0.3 is 20.7 Å². The van der Waals surface area contributed by atoms with Crippen molar-refractivity contribution in [2.24, 2.45) is 5.73 Å². The topological polar surface area (TPSA) is 75.7 Å². The smallest absolute Gasteiger partial charge is 0.163 e. The number of aliphatic hydroxyl groups is 1. The second kappa shape index (κ2) is 5.58. The Morgan fingerprint density at radius 3 is 2.80 bits per heavy atom. The highest BCUT2D eigenvalue weighted by Gasteiger charge is 2.14. The van der Waals surface area contributed by atoms with Gasteiger partial charge >= 0.3 is 0 Å². The molecule has 1 atom stereocenters. The van der Waals surface area contributed by atoms with Gasteiger partial charge in [0.2, 0.25) is 0 Å². The molecule has 84 valence electrons. The Morgan fingerprint density at radius 2 is 2.20 bits per heavy atom. The molecule has 0 aliphatic heterocycles. The lowest BCUT2D eigenvalue weighted by molar-refractivity contribution is 0.165. The van der Waals surface area contributed by atoms with Gasteiger partial charge in [-0.05, 0) is 26.0 Å². The molecule has 0 radical (unpaired) electrons. The van der Waals surface area contributed by atoms with Crippen molar-refractivity contribution < 1.29 is 14.9 Å². The highest BCUT2D eigenvalue weighted by Crippen LogP contribution is 2.34. The molecule has 0 unspecified atom stereocenters. The van der Waals surface area contributed by atoms with Crippen molar-refractivity contribution in [1.82, 2.24) is 0 Å². The summed E-state index contributed by atoms with van der Waals surface area (Å²) in [6, 6.07) is 5.06. The van der Waals surface area contributed by atoms with E-state index in [4.69, 9.17) is 10.5 Å². The Kier molecular flexibility index (Phi) is 4.39. The van der Waals surface area contributed by atoms with Crippen LogP contribution >= 0.6 is 0 Å². The van der Waals surface area contributed by atoms with E-state index in [1.54, 1.807) is 18.2 Å². The highest BCUT2D eigenvalue weighted by molar-refractivity contribution is 5.46. The van der Waals surface area contributed by atoms with Crippen LogP contribution < -0.4 is 10.5 Å². The van der Waals surface area contributed by atoms with Gasteiger partial charge in [0.25, 0.3) is 0 Å². The third-order valence-electron chi connectivity index (χ3n) is 2.13. The van der Waals surface area contributed by atoms with Crippen molar-refractivity contribution in [3.05, 3.63) is 23.8 Å². The van der Waals surface area contributed by atoms with E-state index in [2.05, 4.69) is 0 Å². The maximum Gasteiger partial charge on any atom is 0.163 e. The van der Waals surface area contributed by atoms with Gasteiger partial charge in [0.1, 0.15) is 0 Å². The largest absolute Gasteiger partial charge is 0.504 e. The molecule has 0 fully saturated rings. The first kappa shape index (κ1) is 11.8. The molecular weight excluding hydrogens is 194 g/mol. The van der Waals surface area contributed by atoms with Crippen LogP contribution in [-0.2, 0) is 0 Å². The lowest BCUT2D eigenvalue weighted by Gasteiger charge is -2.14. The first-order valence-corrected chi connectivity index (χ1v) is 5.03. The molecule has 1 aromatic carbocycles. The van der Waals surface area contributed by atoms with Gasteiger partial charge in [-0.25, -0.2) is 0 Å². The van der Waals surface area contributed by atoms with Crippen LogP contribution in [0.25, 0.3) is 0 Å². The lowest BCUT2D eigenvalue weighted by Crippen LogP contribution is -2.07. The van der Waals surface area contributed by atoms with Crippen LogP contribution in [0.3, 0.4) is 0 Å². The van der Waals surface area contributed by atoms with Crippen molar-refractivity contribution in [2.75, 3.05) is 13.2 Å². The second-order valence-electron chi connectivity index (χ2n) is 3.22. The maximum absolute atomic E-state index is 9.79. The van der Waals surface area contributed by atoms with E-state index in [1.807, 2.05) is 6.92 Å². The van der Waals surface area contributed by atoms with Crippen molar-refractivity contribution in [3.8, 4) is 11.5 Å². The monoisotopic (exact) mass is 211 g/mol. The molecule has 0 aliphatic rings. The third-order valence-corrected chi connectivity index (χ3v) is 2.13. The molecule has 0 bridgehead atoms. The number of aliphatic hydroxyl groups excluding tert-OH is 1. The van der Waals surface area contributed by atoms with Gasteiger partial charge in [0.05, 0.1) is 12.7 Å². The number of aromatic hydroxyl groups is 1. The molecule has 0 saturated carbocycles. The summed E-state index contributed by atoms with van der Waals surface area (Å²) in [6.45, 7) is 2.69. The average Bonchev–Trinajstić information content (AvgIpc) is 2.22. The lowest BCUT2D eigenvalue weighted by atomic mass is 10.1. The van der Waals surface area contributed by atoms with E-state index in [0.29, 0.717) is 30.9 Å². The van der Waals surface area contributed by atoms with E-state index >= 15 is 0 Å². The van der Waals surface area contributed by atoms with Crippen LogP contribution in [0.4, 0.5) is 0 Å². The average molecular weight is 211 g/mol. The molecule has 0 spiro atoms. The molecule has 4 nitrogen and oxygen atoms in total. The Hall–Kier alpha value is -1.26. The number of rotatable bonds is 5. The van der Waals surface area contributed by atoms with Gasteiger partial charge in [0, 0.05) is 5.56 Å². The van der Waals surface area contributed by atoms with Crippen LogP contribution in [0.2, 0.25) is 0 Å². The summed E-state index contributed by atoms with van der Waals surface area (Å²) in [7, 11) is 0. The summed E-state index contributed by atoms with van der Waals surface area (Å²) >= 11 is 0. The molecule has 1 aromatic rings. The summed E-state index contributed by atoms with van der Waals surface area (Å²) in [5, 5.41) is 19.5. The number of phenols is 1. The van der Waals surface area contributed by atoms with E-state index < -0.39 is 6.10 Å². The van der Waals surface area contributed by atoms with Crippen LogP contribution in [-0.4, -0.2) is 23.4 Å². The van der Waals surface area contributed by atoms with E-state index in [1.165, 1.54) is 0 Å². The quantitative estimate of drug-likeness (QED) is 0.683. The minimum Gasteiger partial charge on any atom is -0.504 e. The van der Waals surface area contributed by atoms with E-state index in [-0.39, 0.29) is 5.75 Å². The molecule has 15 heavy (non-hydrogen) atoms. The number of benzene rings is 1. The minimum atomic E-state index is -0.740. The molecule has 0 heterocycles. The molecule has 0 amide bonds. The van der Waals surface area contributed by atoms with Gasteiger partial charge in [-0.2, -0.15) is 0 Å². The number of para-hydroxylation sites is 1. The molecule has 1 rings (SSSR count). The fourth-order valence-electron chi connectivity index (χ4n) is 1.39. The SMILES string of the molecule is CCOc1cccc([C@@H](O)CCN)c1O. The van der Waals surface area contributed by atoms with Gasteiger partial charge in [-0.1, -0.05) is 12.1 Å². The number of nitrogens with two attached hydrogens (primary N) is 1. The fraction of sp³-hybridized carbons (Fsp3) is 0.455. The molecule has 0 aromatic heterocycles. The summed E-state index contributed by atoms with van der Waals surface area (Å²) in [6.07, 6.45) is -0.321.